The van der Waals surface area contributed by atoms with Gasteiger partial charge in [0.2, 0.25) is 0 Å². The van der Waals surface area contributed by atoms with Crippen LogP contribution in [0, 0.1) is 5.92 Å². The third-order valence-electron chi connectivity index (χ3n) is 2.81. The summed E-state index contributed by atoms with van der Waals surface area (Å²) < 4.78 is 30.5. The highest BCUT2D eigenvalue weighted by Gasteiger charge is 2.26. The van der Waals surface area contributed by atoms with Gasteiger partial charge in [-0.05, 0) is 18.1 Å². The SMILES string of the molecule is COC(=O)C(NC(=O)c1cccn1CC(F)F)C(C)C. The number of nitrogens with one attached hydrogen (secondary N) is 1. The summed E-state index contributed by atoms with van der Waals surface area (Å²) in [6, 6.07) is 2.11. The number of halogens is 2. The maximum absolute atomic E-state index is 12.4. The Labute approximate surface area is 115 Å². The zero-order valence-electron chi connectivity index (χ0n) is 11.6. The molecule has 0 fully saturated rings. The highest BCUT2D eigenvalue weighted by Crippen LogP contribution is 2.09. The molecule has 5 nitrogen and oxygen atoms in total. The van der Waals surface area contributed by atoms with E-state index >= 15 is 0 Å². The molecule has 0 saturated heterocycles. The Balaban J connectivity index is 2.84. The first-order chi connectivity index (χ1) is 9.36. The van der Waals surface area contributed by atoms with Crippen molar-refractivity contribution >= 4 is 11.9 Å². The number of hydrogen-bond acceptors (Lipinski definition) is 3. The van der Waals surface area contributed by atoms with Crippen LogP contribution >= 0.6 is 0 Å². The number of nitrogens with zero attached hydrogens (tertiary/aromatic N) is 1. The first-order valence-corrected chi connectivity index (χ1v) is 6.18. The lowest BCUT2D eigenvalue weighted by Gasteiger charge is -2.20. The average molecular weight is 288 g/mol. The van der Waals surface area contributed by atoms with Gasteiger partial charge in [0.25, 0.3) is 12.3 Å². The van der Waals surface area contributed by atoms with Crippen LogP contribution in [-0.2, 0) is 16.1 Å². The largest absolute Gasteiger partial charge is 0.467 e. The molecule has 1 N–H and O–H groups in total. The van der Waals surface area contributed by atoms with Gasteiger partial charge in [0, 0.05) is 6.20 Å². The van der Waals surface area contributed by atoms with Crippen molar-refractivity contribution in [2.75, 3.05) is 7.11 Å². The number of carbonyl (C=O) groups is 2. The van der Waals surface area contributed by atoms with E-state index in [1.807, 2.05) is 0 Å². The van der Waals surface area contributed by atoms with Crippen molar-refractivity contribution in [3.05, 3.63) is 24.0 Å². The molecule has 1 unspecified atom stereocenters. The molecule has 20 heavy (non-hydrogen) atoms. The topological polar surface area (TPSA) is 60.3 Å². The predicted molar refractivity (Wildman–Crippen MR) is 68.5 cm³/mol. The van der Waals surface area contributed by atoms with E-state index in [4.69, 9.17) is 0 Å². The number of carbonyl (C=O) groups excluding carboxylic acids is 2. The minimum atomic E-state index is -2.56. The molecule has 1 aromatic rings. The van der Waals surface area contributed by atoms with Crippen molar-refractivity contribution in [1.82, 2.24) is 9.88 Å². The summed E-state index contributed by atoms with van der Waals surface area (Å²) in [5.41, 5.74) is 0.0832. The summed E-state index contributed by atoms with van der Waals surface area (Å²) >= 11 is 0. The Hall–Kier alpha value is -1.92. The fourth-order valence-corrected chi connectivity index (χ4v) is 1.77. The summed E-state index contributed by atoms with van der Waals surface area (Å²) in [6.07, 6.45) is -1.17. The van der Waals surface area contributed by atoms with E-state index in [1.54, 1.807) is 13.8 Å². The highest BCUT2D eigenvalue weighted by atomic mass is 19.3. The Bertz CT molecular complexity index is 472. The molecule has 1 aromatic heterocycles. The van der Waals surface area contributed by atoms with Gasteiger partial charge in [-0.1, -0.05) is 13.8 Å². The molecule has 1 rings (SSSR count). The summed E-state index contributed by atoms with van der Waals surface area (Å²) in [5, 5.41) is 2.50. The molecule has 0 aliphatic rings. The number of ether oxygens (including phenoxy) is 1. The number of alkyl halides is 2. The van der Waals surface area contributed by atoms with Crippen LogP contribution in [0.2, 0.25) is 0 Å². The molecule has 0 bridgehead atoms. The molecule has 0 aromatic carbocycles. The van der Waals surface area contributed by atoms with E-state index < -0.39 is 30.9 Å². The van der Waals surface area contributed by atoms with Gasteiger partial charge in [-0.2, -0.15) is 0 Å². The molecule has 0 radical (unpaired) electrons. The molecule has 1 amide bonds. The smallest absolute Gasteiger partial charge is 0.328 e. The third-order valence-corrected chi connectivity index (χ3v) is 2.81. The van der Waals surface area contributed by atoms with Crippen LogP contribution in [0.5, 0.6) is 0 Å². The maximum atomic E-state index is 12.4. The lowest BCUT2D eigenvalue weighted by Crippen LogP contribution is -2.45. The lowest BCUT2D eigenvalue weighted by molar-refractivity contribution is -0.144. The summed E-state index contributed by atoms with van der Waals surface area (Å²) in [4.78, 5) is 23.6. The average Bonchev–Trinajstić information content (AvgIpc) is 2.81. The van der Waals surface area contributed by atoms with Gasteiger partial charge in [-0.3, -0.25) is 4.79 Å². The number of rotatable bonds is 6. The van der Waals surface area contributed by atoms with Crippen molar-refractivity contribution in [2.45, 2.75) is 32.9 Å². The molecule has 7 heteroatoms. The quantitative estimate of drug-likeness (QED) is 0.810. The van der Waals surface area contributed by atoms with Crippen molar-refractivity contribution < 1.29 is 23.1 Å². The number of methoxy groups -OCH3 is 1. The third kappa shape index (κ3) is 4.04. The highest BCUT2D eigenvalue weighted by molar-refractivity contribution is 5.95. The summed E-state index contributed by atoms with van der Waals surface area (Å²) in [5.74, 6) is -1.33. The minimum Gasteiger partial charge on any atom is -0.467 e. The van der Waals surface area contributed by atoms with Crippen LogP contribution in [0.3, 0.4) is 0 Å². The minimum absolute atomic E-state index is 0.0832. The van der Waals surface area contributed by atoms with Gasteiger partial charge >= 0.3 is 5.97 Å². The van der Waals surface area contributed by atoms with Gasteiger partial charge < -0.3 is 14.6 Å². The summed E-state index contributed by atoms with van der Waals surface area (Å²) in [6.45, 7) is 2.93. The fraction of sp³-hybridized carbons (Fsp3) is 0.538. The van der Waals surface area contributed by atoms with E-state index in [0.717, 1.165) is 4.57 Å². The van der Waals surface area contributed by atoms with E-state index in [-0.39, 0.29) is 11.6 Å². The Morgan fingerprint density at radius 1 is 1.40 bits per heavy atom. The number of esters is 1. The van der Waals surface area contributed by atoms with Gasteiger partial charge in [-0.25, -0.2) is 13.6 Å². The first-order valence-electron chi connectivity index (χ1n) is 6.18. The molecule has 112 valence electrons. The summed E-state index contributed by atoms with van der Waals surface area (Å²) in [7, 11) is 1.23. The predicted octanol–water partition coefficient (Wildman–Crippen LogP) is 1.68. The van der Waals surface area contributed by atoms with Gasteiger partial charge in [0.15, 0.2) is 0 Å². The standard InChI is InChI=1S/C13H18F2N2O3/c1-8(2)11(13(19)20-3)16-12(18)9-5-4-6-17(9)7-10(14)15/h4-6,8,10-11H,7H2,1-3H3,(H,16,18). The molecule has 1 atom stereocenters. The van der Waals surface area contributed by atoms with Gasteiger partial charge in [0.05, 0.1) is 13.7 Å². The zero-order valence-corrected chi connectivity index (χ0v) is 11.6. The number of aromatic nitrogens is 1. The maximum Gasteiger partial charge on any atom is 0.328 e. The van der Waals surface area contributed by atoms with E-state index in [9.17, 15) is 18.4 Å². The van der Waals surface area contributed by atoms with E-state index in [1.165, 1.54) is 25.4 Å². The Kier molecular flexibility index (Phi) is 5.66. The second-order valence-corrected chi connectivity index (χ2v) is 4.66. The number of hydrogen-bond donors (Lipinski definition) is 1. The molecular formula is C13H18F2N2O3. The molecule has 0 aliphatic heterocycles. The van der Waals surface area contributed by atoms with Crippen molar-refractivity contribution in [1.29, 1.82) is 0 Å². The Morgan fingerprint density at radius 3 is 2.55 bits per heavy atom. The van der Waals surface area contributed by atoms with Crippen LogP contribution in [0.4, 0.5) is 8.78 Å². The second kappa shape index (κ2) is 7.02. The van der Waals surface area contributed by atoms with E-state index in [0.29, 0.717) is 0 Å². The van der Waals surface area contributed by atoms with Crippen LogP contribution in [0.15, 0.2) is 18.3 Å². The second-order valence-electron chi connectivity index (χ2n) is 4.66. The molecule has 1 heterocycles. The van der Waals surface area contributed by atoms with Crippen molar-refractivity contribution in [2.24, 2.45) is 5.92 Å². The van der Waals surface area contributed by atoms with Crippen LogP contribution in [0.25, 0.3) is 0 Å². The fourth-order valence-electron chi connectivity index (χ4n) is 1.77. The van der Waals surface area contributed by atoms with Crippen molar-refractivity contribution in [3.63, 3.8) is 0 Å². The van der Waals surface area contributed by atoms with Crippen LogP contribution < -0.4 is 5.32 Å². The molecule has 0 saturated carbocycles. The van der Waals surface area contributed by atoms with Gasteiger partial charge in [-0.15, -0.1) is 0 Å². The van der Waals surface area contributed by atoms with Crippen LogP contribution in [0.1, 0.15) is 24.3 Å². The molecule has 0 spiro atoms. The normalized spacial score (nSPS) is 12.6. The monoisotopic (exact) mass is 288 g/mol. The first kappa shape index (κ1) is 16.1. The van der Waals surface area contributed by atoms with Crippen molar-refractivity contribution in [3.8, 4) is 0 Å². The Morgan fingerprint density at radius 2 is 2.05 bits per heavy atom. The zero-order chi connectivity index (χ0) is 15.3. The molecule has 0 aliphatic carbocycles. The van der Waals surface area contributed by atoms with Gasteiger partial charge in [0.1, 0.15) is 11.7 Å². The number of amides is 1. The van der Waals surface area contributed by atoms with E-state index in [2.05, 4.69) is 10.1 Å². The van der Waals surface area contributed by atoms with Crippen LogP contribution in [-0.4, -0.2) is 36.0 Å². The molecular weight excluding hydrogens is 270 g/mol. The lowest BCUT2D eigenvalue weighted by atomic mass is 10.0.